The van der Waals surface area contributed by atoms with Crippen LogP contribution in [0.25, 0.3) is 0 Å². The van der Waals surface area contributed by atoms with Gasteiger partial charge in [-0.15, -0.1) is 0 Å². The molecule has 2 nitrogen and oxygen atoms in total. The molecule has 0 amide bonds. The standard InChI is InChI=1S/C12H20N2.C11H16.2C2H6/c1-10(9-14(2)3)7-11-5-4-6-12(13)8-11;1-3-6-11-8-5-7-10(4-2)9-11;2*1-2/h4-6,8,10H,7,9,13H2,1-3H3;5,7-9H,3-4,6H2,1-2H3;2*1-2H3. The van der Waals surface area contributed by atoms with Gasteiger partial charge in [-0.1, -0.05) is 91.3 Å². The van der Waals surface area contributed by atoms with Crippen LogP contribution in [0, 0.1) is 5.92 Å². The summed E-state index contributed by atoms with van der Waals surface area (Å²) in [6.07, 6.45) is 4.71. The summed E-state index contributed by atoms with van der Waals surface area (Å²) < 4.78 is 0. The van der Waals surface area contributed by atoms with Crippen molar-refractivity contribution in [2.75, 3.05) is 26.4 Å². The molecule has 0 bridgehead atoms. The Labute approximate surface area is 182 Å². The zero-order chi connectivity index (χ0) is 22.7. The van der Waals surface area contributed by atoms with Gasteiger partial charge in [0.05, 0.1) is 0 Å². The van der Waals surface area contributed by atoms with Crippen LogP contribution in [0.5, 0.6) is 0 Å². The van der Waals surface area contributed by atoms with E-state index in [4.69, 9.17) is 5.73 Å². The number of nitrogens with zero attached hydrogens (tertiary/aromatic N) is 1. The first kappa shape index (κ1) is 29.4. The Balaban J connectivity index is 0. The van der Waals surface area contributed by atoms with Gasteiger partial charge >= 0.3 is 0 Å². The van der Waals surface area contributed by atoms with Gasteiger partial charge in [0.25, 0.3) is 0 Å². The summed E-state index contributed by atoms with van der Waals surface area (Å²) in [5.74, 6) is 0.673. The maximum Gasteiger partial charge on any atom is 0.0316 e. The lowest BCUT2D eigenvalue weighted by Gasteiger charge is -2.16. The molecular weight excluding hydrogens is 352 g/mol. The molecule has 0 aliphatic rings. The Bertz CT molecular complexity index is 605. The van der Waals surface area contributed by atoms with Crippen LogP contribution in [-0.2, 0) is 19.3 Å². The number of aryl methyl sites for hydroxylation is 2. The summed E-state index contributed by atoms with van der Waals surface area (Å²) in [6, 6.07) is 17.0. The van der Waals surface area contributed by atoms with E-state index in [2.05, 4.69) is 76.2 Å². The molecule has 0 aliphatic heterocycles. The van der Waals surface area contributed by atoms with Crippen LogP contribution in [0.1, 0.15) is 71.6 Å². The Morgan fingerprint density at radius 2 is 1.38 bits per heavy atom. The van der Waals surface area contributed by atoms with E-state index in [1.165, 1.54) is 29.5 Å². The molecule has 0 fully saturated rings. The van der Waals surface area contributed by atoms with Gasteiger partial charge in [-0.2, -0.15) is 0 Å². The van der Waals surface area contributed by atoms with Crippen molar-refractivity contribution >= 4 is 5.69 Å². The normalized spacial score (nSPS) is 10.6. The highest BCUT2D eigenvalue weighted by molar-refractivity contribution is 5.40. The second kappa shape index (κ2) is 19.5. The molecular formula is C27H48N2. The maximum absolute atomic E-state index is 5.73. The topological polar surface area (TPSA) is 29.3 Å². The molecule has 0 aliphatic carbocycles. The van der Waals surface area contributed by atoms with E-state index >= 15 is 0 Å². The molecule has 2 aromatic carbocycles. The molecule has 1 unspecified atom stereocenters. The third kappa shape index (κ3) is 15.8. The summed E-state index contributed by atoms with van der Waals surface area (Å²) in [5.41, 5.74) is 10.9. The fraction of sp³-hybridized carbons (Fsp3) is 0.556. The van der Waals surface area contributed by atoms with E-state index in [-0.39, 0.29) is 0 Å². The molecule has 0 saturated carbocycles. The predicted molar refractivity (Wildman–Crippen MR) is 135 cm³/mol. The van der Waals surface area contributed by atoms with E-state index in [1.54, 1.807) is 0 Å². The van der Waals surface area contributed by atoms with E-state index in [1.807, 2.05) is 39.8 Å². The molecule has 166 valence electrons. The van der Waals surface area contributed by atoms with E-state index in [0.29, 0.717) is 5.92 Å². The quantitative estimate of drug-likeness (QED) is 0.495. The van der Waals surface area contributed by atoms with E-state index in [0.717, 1.165) is 25.1 Å². The molecule has 0 radical (unpaired) electrons. The fourth-order valence-corrected chi connectivity index (χ4v) is 3.10. The minimum Gasteiger partial charge on any atom is -0.399 e. The van der Waals surface area contributed by atoms with Crippen molar-refractivity contribution in [2.24, 2.45) is 5.92 Å². The van der Waals surface area contributed by atoms with Gasteiger partial charge in [-0.05, 0) is 68.1 Å². The second-order valence-corrected chi connectivity index (χ2v) is 7.24. The third-order valence-corrected chi connectivity index (χ3v) is 4.15. The van der Waals surface area contributed by atoms with E-state index in [9.17, 15) is 0 Å². The van der Waals surface area contributed by atoms with Gasteiger partial charge in [0.15, 0.2) is 0 Å². The Morgan fingerprint density at radius 1 is 0.828 bits per heavy atom. The first-order valence-electron chi connectivity index (χ1n) is 11.5. The first-order valence-corrected chi connectivity index (χ1v) is 11.5. The highest BCUT2D eigenvalue weighted by Crippen LogP contribution is 2.12. The monoisotopic (exact) mass is 400 g/mol. The Kier molecular flexibility index (Phi) is 19.8. The smallest absolute Gasteiger partial charge is 0.0316 e. The zero-order valence-corrected chi connectivity index (χ0v) is 20.8. The Morgan fingerprint density at radius 3 is 1.90 bits per heavy atom. The summed E-state index contributed by atoms with van der Waals surface area (Å²) in [7, 11) is 4.21. The number of nitrogen functional groups attached to an aromatic ring is 1. The van der Waals surface area contributed by atoms with Crippen molar-refractivity contribution < 1.29 is 0 Å². The average Bonchev–Trinajstić information content (AvgIpc) is 2.71. The molecule has 2 N–H and O–H groups in total. The van der Waals surface area contributed by atoms with Crippen molar-refractivity contribution in [1.29, 1.82) is 0 Å². The van der Waals surface area contributed by atoms with E-state index < -0.39 is 0 Å². The minimum atomic E-state index is 0.673. The lowest BCUT2D eigenvalue weighted by molar-refractivity contribution is 0.338. The van der Waals surface area contributed by atoms with Crippen molar-refractivity contribution in [2.45, 2.75) is 74.1 Å². The van der Waals surface area contributed by atoms with Crippen LogP contribution >= 0.6 is 0 Å². The zero-order valence-electron chi connectivity index (χ0n) is 20.8. The van der Waals surface area contributed by atoms with Crippen LogP contribution < -0.4 is 5.73 Å². The molecule has 2 aromatic rings. The highest BCUT2D eigenvalue weighted by Gasteiger charge is 2.04. The van der Waals surface area contributed by atoms with Crippen molar-refractivity contribution in [3.63, 3.8) is 0 Å². The molecule has 0 spiro atoms. The number of benzene rings is 2. The van der Waals surface area contributed by atoms with Crippen LogP contribution in [0.2, 0.25) is 0 Å². The summed E-state index contributed by atoms with van der Waals surface area (Å²) in [5, 5.41) is 0. The van der Waals surface area contributed by atoms with Crippen LogP contribution in [0.4, 0.5) is 5.69 Å². The van der Waals surface area contributed by atoms with Crippen molar-refractivity contribution in [3.05, 3.63) is 65.2 Å². The number of nitrogens with two attached hydrogens (primary N) is 1. The van der Waals surface area contributed by atoms with Gasteiger partial charge < -0.3 is 10.6 Å². The molecule has 0 aromatic heterocycles. The largest absolute Gasteiger partial charge is 0.399 e. The minimum absolute atomic E-state index is 0.673. The lowest BCUT2D eigenvalue weighted by Crippen LogP contribution is -2.21. The molecule has 29 heavy (non-hydrogen) atoms. The maximum atomic E-state index is 5.73. The van der Waals surface area contributed by atoms with Crippen molar-refractivity contribution in [3.8, 4) is 0 Å². The van der Waals surface area contributed by atoms with Crippen LogP contribution in [0.15, 0.2) is 48.5 Å². The number of rotatable bonds is 7. The van der Waals surface area contributed by atoms with Gasteiger partial charge in [0, 0.05) is 12.2 Å². The molecule has 0 saturated heterocycles. The average molecular weight is 401 g/mol. The fourth-order valence-electron chi connectivity index (χ4n) is 3.10. The predicted octanol–water partition coefficient (Wildman–Crippen LogP) is 7.26. The number of hydrogen-bond acceptors (Lipinski definition) is 2. The second-order valence-electron chi connectivity index (χ2n) is 7.24. The molecule has 2 rings (SSSR count). The van der Waals surface area contributed by atoms with Crippen molar-refractivity contribution in [1.82, 2.24) is 4.90 Å². The summed E-state index contributed by atoms with van der Waals surface area (Å²) in [6.45, 7) is 15.8. The van der Waals surface area contributed by atoms with Gasteiger partial charge in [-0.3, -0.25) is 0 Å². The molecule has 1 atom stereocenters. The van der Waals surface area contributed by atoms with Crippen LogP contribution in [0.3, 0.4) is 0 Å². The lowest BCUT2D eigenvalue weighted by atomic mass is 10.0. The van der Waals surface area contributed by atoms with Gasteiger partial charge in [-0.25, -0.2) is 0 Å². The third-order valence-electron chi connectivity index (χ3n) is 4.15. The van der Waals surface area contributed by atoms with Crippen LogP contribution in [-0.4, -0.2) is 25.5 Å². The first-order chi connectivity index (χ1) is 13.9. The SMILES string of the molecule is CC.CC.CC(Cc1cccc(N)c1)CN(C)C.CCCc1cccc(CC)c1. The number of anilines is 1. The molecule has 0 heterocycles. The molecule has 2 heteroatoms. The number of hydrogen-bond donors (Lipinski definition) is 1. The Hall–Kier alpha value is -1.80. The van der Waals surface area contributed by atoms with Gasteiger partial charge in [0.2, 0.25) is 0 Å². The van der Waals surface area contributed by atoms with Gasteiger partial charge in [0.1, 0.15) is 0 Å². The highest BCUT2D eigenvalue weighted by atomic mass is 15.1. The summed E-state index contributed by atoms with van der Waals surface area (Å²) >= 11 is 0. The summed E-state index contributed by atoms with van der Waals surface area (Å²) in [4.78, 5) is 2.22.